The van der Waals surface area contributed by atoms with Crippen molar-refractivity contribution < 1.29 is 13.2 Å². The number of fused-ring (bicyclic) bond motifs is 1. The van der Waals surface area contributed by atoms with Crippen LogP contribution in [0, 0.1) is 23.7 Å². The lowest BCUT2D eigenvalue weighted by molar-refractivity contribution is -0.141. The molecule has 0 aliphatic rings. The van der Waals surface area contributed by atoms with Crippen molar-refractivity contribution >= 4 is 5.65 Å². The monoisotopic (exact) mass is 252 g/mol. The van der Waals surface area contributed by atoms with Gasteiger partial charge in [-0.25, -0.2) is 4.98 Å². The number of hydrogen-bond acceptors (Lipinski definition) is 3. The fourth-order valence-corrected chi connectivity index (χ4v) is 1.58. The van der Waals surface area contributed by atoms with Crippen molar-refractivity contribution in [2.75, 3.05) is 0 Å². The minimum atomic E-state index is -4.75. The van der Waals surface area contributed by atoms with Crippen LogP contribution in [-0.4, -0.2) is 9.38 Å². The van der Waals surface area contributed by atoms with Gasteiger partial charge in [-0.15, -0.1) is 0 Å². The highest BCUT2D eigenvalue weighted by molar-refractivity contribution is 5.45. The molecule has 1 N–H and O–H groups in total. The first-order chi connectivity index (χ1) is 8.34. The number of hydrogen-bond donors (Lipinski definition) is 1. The molecule has 2 aromatic rings. The Morgan fingerprint density at radius 3 is 2.61 bits per heavy atom. The lowest BCUT2D eigenvalue weighted by Crippen LogP contribution is -2.25. The van der Waals surface area contributed by atoms with Gasteiger partial charge in [0.2, 0.25) is 0 Å². The fourth-order valence-electron chi connectivity index (χ4n) is 1.58. The van der Waals surface area contributed by atoms with Crippen LogP contribution in [-0.2, 0) is 6.18 Å². The van der Waals surface area contributed by atoms with Gasteiger partial charge in [0.15, 0.2) is 11.2 Å². The average Bonchev–Trinajstić information content (AvgIpc) is 2.28. The highest BCUT2D eigenvalue weighted by Crippen LogP contribution is 2.29. The van der Waals surface area contributed by atoms with E-state index in [0.29, 0.717) is 0 Å². The van der Waals surface area contributed by atoms with Crippen LogP contribution in [0.25, 0.3) is 5.65 Å². The summed E-state index contributed by atoms with van der Waals surface area (Å²) >= 11 is 0. The summed E-state index contributed by atoms with van der Waals surface area (Å²) in [6, 6.07) is 4.36. The highest BCUT2D eigenvalue weighted by atomic mass is 19.4. The Bertz CT molecular complexity index is 722. The lowest BCUT2D eigenvalue weighted by Gasteiger charge is -2.10. The maximum atomic E-state index is 12.7. The first-order valence-electron chi connectivity index (χ1n) is 4.89. The van der Waals surface area contributed by atoms with Crippen LogP contribution >= 0.6 is 0 Å². The Morgan fingerprint density at radius 1 is 1.39 bits per heavy atom. The quantitative estimate of drug-likeness (QED) is 0.779. The molecule has 0 saturated carbocycles. The molecule has 0 fully saturated rings. The minimum absolute atomic E-state index is 0.0167. The summed E-state index contributed by atoms with van der Waals surface area (Å²) in [5.74, 6) is 0. The Morgan fingerprint density at radius 2 is 2.06 bits per heavy atom. The molecule has 7 heteroatoms. The van der Waals surface area contributed by atoms with E-state index in [0.717, 1.165) is 9.96 Å². The fraction of sp³-hybridized carbons (Fsp3) is 0.182. The number of alkyl halides is 3. The first kappa shape index (κ1) is 12.1. The van der Waals surface area contributed by atoms with Gasteiger partial charge in [0.1, 0.15) is 17.3 Å². The second-order valence-corrected chi connectivity index (χ2v) is 3.73. The van der Waals surface area contributed by atoms with E-state index in [1.54, 1.807) is 13.0 Å². The SMILES string of the molecule is Cc1ccc2nc(C(F)(F)F)c(C#N)c(=N)n2c1. The number of aromatic nitrogens is 2. The highest BCUT2D eigenvalue weighted by Gasteiger charge is 2.37. The van der Waals surface area contributed by atoms with Crippen molar-refractivity contribution in [2.24, 2.45) is 0 Å². The van der Waals surface area contributed by atoms with Crippen LogP contribution in [0.5, 0.6) is 0 Å². The van der Waals surface area contributed by atoms with E-state index in [4.69, 9.17) is 10.7 Å². The average molecular weight is 252 g/mol. The van der Waals surface area contributed by atoms with Crippen LogP contribution in [0.15, 0.2) is 18.3 Å². The number of halogens is 3. The van der Waals surface area contributed by atoms with Gasteiger partial charge in [0, 0.05) is 6.20 Å². The zero-order valence-electron chi connectivity index (χ0n) is 9.21. The van der Waals surface area contributed by atoms with Crippen molar-refractivity contribution in [2.45, 2.75) is 13.1 Å². The zero-order valence-corrected chi connectivity index (χ0v) is 9.21. The molecule has 0 saturated heterocycles. The molecule has 2 aromatic heterocycles. The number of pyridine rings is 1. The van der Waals surface area contributed by atoms with Crippen molar-refractivity contribution in [1.29, 1.82) is 10.7 Å². The van der Waals surface area contributed by atoms with Crippen LogP contribution in [0.1, 0.15) is 16.8 Å². The van der Waals surface area contributed by atoms with E-state index in [1.807, 2.05) is 0 Å². The lowest BCUT2D eigenvalue weighted by atomic mass is 10.2. The molecule has 2 heterocycles. The maximum absolute atomic E-state index is 12.7. The van der Waals surface area contributed by atoms with Crippen LogP contribution in [0.3, 0.4) is 0 Å². The summed E-state index contributed by atoms with van der Waals surface area (Å²) in [7, 11) is 0. The van der Waals surface area contributed by atoms with E-state index in [-0.39, 0.29) is 5.65 Å². The van der Waals surface area contributed by atoms with Crippen LogP contribution < -0.4 is 5.49 Å². The van der Waals surface area contributed by atoms with Gasteiger partial charge in [-0.1, -0.05) is 6.07 Å². The van der Waals surface area contributed by atoms with Crippen molar-refractivity contribution in [3.63, 3.8) is 0 Å². The topological polar surface area (TPSA) is 64.9 Å². The molecule has 4 nitrogen and oxygen atoms in total. The van der Waals surface area contributed by atoms with Crippen molar-refractivity contribution in [3.05, 3.63) is 40.6 Å². The van der Waals surface area contributed by atoms with Gasteiger partial charge in [0.05, 0.1) is 0 Å². The Kier molecular flexibility index (Phi) is 2.58. The van der Waals surface area contributed by atoms with E-state index >= 15 is 0 Å². The van der Waals surface area contributed by atoms with Crippen LogP contribution in [0.2, 0.25) is 0 Å². The number of rotatable bonds is 0. The molecule has 0 aliphatic carbocycles. The molecule has 92 valence electrons. The number of aryl methyl sites for hydroxylation is 1. The predicted molar refractivity (Wildman–Crippen MR) is 55.5 cm³/mol. The van der Waals surface area contributed by atoms with E-state index < -0.39 is 22.9 Å². The molecule has 2 rings (SSSR count). The van der Waals surface area contributed by atoms with Gasteiger partial charge in [-0.05, 0) is 18.6 Å². The third-order valence-electron chi connectivity index (χ3n) is 2.40. The molecule has 0 bridgehead atoms. The second-order valence-electron chi connectivity index (χ2n) is 3.73. The summed E-state index contributed by atoms with van der Waals surface area (Å²) in [5.41, 5.74) is -1.87. The van der Waals surface area contributed by atoms with E-state index in [9.17, 15) is 13.2 Å². The van der Waals surface area contributed by atoms with Crippen molar-refractivity contribution in [1.82, 2.24) is 9.38 Å². The smallest absolute Gasteiger partial charge is 0.285 e. The van der Waals surface area contributed by atoms with E-state index in [1.165, 1.54) is 18.3 Å². The normalized spacial score (nSPS) is 11.5. The first-order valence-corrected chi connectivity index (χ1v) is 4.89. The second kappa shape index (κ2) is 3.84. The summed E-state index contributed by atoms with van der Waals surface area (Å²) in [6.45, 7) is 1.73. The number of nitrogens with zero attached hydrogens (tertiary/aromatic N) is 3. The standard InChI is InChI=1S/C11H7F3N4/c1-6-2-3-8-17-9(11(12,13)14)7(4-15)10(16)18(8)5-6/h2-3,5,16H,1H3. The molecular weight excluding hydrogens is 245 g/mol. The molecule has 0 atom stereocenters. The molecule has 0 spiro atoms. The number of nitriles is 1. The van der Waals surface area contributed by atoms with Gasteiger partial charge in [0.25, 0.3) is 0 Å². The number of nitrogens with one attached hydrogen (secondary N) is 1. The van der Waals surface area contributed by atoms with Crippen LogP contribution in [0.4, 0.5) is 13.2 Å². The predicted octanol–water partition coefficient (Wildman–Crippen LogP) is 2.01. The molecule has 0 amide bonds. The maximum Gasteiger partial charge on any atom is 0.434 e. The molecule has 0 aliphatic heterocycles. The molecule has 0 radical (unpaired) electrons. The summed E-state index contributed by atoms with van der Waals surface area (Å²) in [6.07, 6.45) is -3.29. The minimum Gasteiger partial charge on any atom is -0.285 e. The van der Waals surface area contributed by atoms with Crippen molar-refractivity contribution in [3.8, 4) is 6.07 Å². The Balaban J connectivity index is 2.97. The molecule has 0 aromatic carbocycles. The summed E-state index contributed by atoms with van der Waals surface area (Å²) in [5, 5.41) is 16.4. The third kappa shape index (κ3) is 1.82. The molecular formula is C11H7F3N4. The van der Waals surface area contributed by atoms with Gasteiger partial charge < -0.3 is 0 Å². The summed E-state index contributed by atoms with van der Waals surface area (Å²) < 4.78 is 39.3. The largest absolute Gasteiger partial charge is 0.434 e. The van der Waals surface area contributed by atoms with Gasteiger partial charge in [-0.3, -0.25) is 9.81 Å². The zero-order chi connectivity index (χ0) is 13.5. The van der Waals surface area contributed by atoms with Gasteiger partial charge in [-0.2, -0.15) is 18.4 Å². The Labute approximate surface area is 99.4 Å². The molecule has 0 unspecified atom stereocenters. The van der Waals surface area contributed by atoms with Gasteiger partial charge >= 0.3 is 6.18 Å². The summed E-state index contributed by atoms with van der Waals surface area (Å²) in [4.78, 5) is 3.41. The third-order valence-corrected chi connectivity index (χ3v) is 2.40. The Hall–Kier alpha value is -2.36. The van der Waals surface area contributed by atoms with E-state index in [2.05, 4.69) is 4.98 Å². The molecule has 18 heavy (non-hydrogen) atoms.